The van der Waals surface area contributed by atoms with Crippen molar-refractivity contribution in [3.8, 4) is 0 Å². The summed E-state index contributed by atoms with van der Waals surface area (Å²) >= 11 is 0. The third-order valence-electron chi connectivity index (χ3n) is 28.0. The third-order valence-corrected chi connectivity index (χ3v) is 28.0. The summed E-state index contributed by atoms with van der Waals surface area (Å²) in [6, 6.07) is 9.87. The van der Waals surface area contributed by atoms with E-state index < -0.39 is 28.7 Å². The number of carbonyl (C=O) groups excluding carboxylic acids is 3. The van der Waals surface area contributed by atoms with Gasteiger partial charge < -0.3 is 25.2 Å². The zero-order chi connectivity index (χ0) is 59.9. The molecule has 10 aliphatic carbocycles. The summed E-state index contributed by atoms with van der Waals surface area (Å²) in [5.41, 5.74) is 0.440. The molecule has 0 unspecified atom stereocenters. The second-order valence-corrected chi connectivity index (χ2v) is 32.4. The maximum absolute atomic E-state index is 14.6. The van der Waals surface area contributed by atoms with Gasteiger partial charge in [-0.3, -0.25) is 28.8 Å². The molecule has 11 heteroatoms. The van der Waals surface area contributed by atoms with Crippen molar-refractivity contribution in [2.75, 3.05) is 7.11 Å². The fraction of sp³-hybridized carbons (Fsp3) is 0.775. The zero-order valence-electron chi connectivity index (χ0n) is 52.2. The standard InChI is InChI=1S/C38H52O5.C31H46O5.CH4O.CH4/c1-33(2)25(31(40)41)13-15-36(5)29(33)14-16-38(7)30(36)28(39)21-26-27-22-35(4,18-17-34(27,3)19-20-37(26,38)6)32(42)43-23-24-11-9-8-10-12-24;1-26(2)18(24(33)34)8-10-29(5)22(26)9-11-31(7)23(29)21(32)16-19-20-17-28(4,25(35)36)13-12-27(20,3)14-15-30(19,31)6;1-2;/h8-12,21,25,27,29-30H,13-20,22-23H2,1-7H3,(H,40,41);16,18,20,22-23H,8-15,17H2,1-7H3,(H,33,34)(H,35,36);2H,1H3;1H4/t25-,27+,29+,30-,34-,35+,36+,37-,38-;18-,20+,22+,23-,27-,28+,29+,30-,31-;;/m11../s1. The Bertz CT molecular complexity index is 2790. The first-order chi connectivity index (χ1) is 37.5. The van der Waals surface area contributed by atoms with Gasteiger partial charge >= 0.3 is 23.9 Å². The molecule has 0 heterocycles. The molecule has 0 radical (unpaired) electrons. The molecule has 4 N–H and O–H groups in total. The van der Waals surface area contributed by atoms with E-state index in [9.17, 15) is 44.1 Å². The quantitative estimate of drug-likeness (QED) is 0.198. The van der Waals surface area contributed by atoms with E-state index in [1.807, 2.05) is 49.4 Å². The monoisotopic (exact) mass is 1130 g/mol. The maximum atomic E-state index is 14.6. The number of rotatable bonds is 6. The van der Waals surface area contributed by atoms with Crippen LogP contribution in [-0.2, 0) is 40.1 Å². The summed E-state index contributed by atoms with van der Waals surface area (Å²) in [6.07, 6.45) is 19.6. The van der Waals surface area contributed by atoms with Gasteiger partial charge in [0.1, 0.15) is 6.61 Å². The topological polar surface area (TPSA) is 193 Å². The van der Waals surface area contributed by atoms with Crippen molar-refractivity contribution in [3.63, 3.8) is 0 Å². The van der Waals surface area contributed by atoms with Crippen molar-refractivity contribution in [2.24, 2.45) is 112 Å². The van der Waals surface area contributed by atoms with Crippen molar-refractivity contribution in [1.82, 2.24) is 0 Å². The normalized spacial score (nSPS) is 46.3. The van der Waals surface area contributed by atoms with Crippen LogP contribution in [0.2, 0.25) is 0 Å². The molecule has 82 heavy (non-hydrogen) atoms. The van der Waals surface area contributed by atoms with Gasteiger partial charge in [0.15, 0.2) is 11.6 Å². The Balaban J connectivity index is 0.000000209. The van der Waals surface area contributed by atoms with Gasteiger partial charge in [-0.05, 0) is 225 Å². The molecule has 11 nitrogen and oxygen atoms in total. The predicted molar refractivity (Wildman–Crippen MR) is 320 cm³/mol. The van der Waals surface area contributed by atoms with E-state index in [1.54, 1.807) is 0 Å². The number of esters is 1. The Kier molecular flexibility index (Phi) is 16.2. The van der Waals surface area contributed by atoms with Crippen LogP contribution in [0.4, 0.5) is 0 Å². The largest absolute Gasteiger partial charge is 0.481 e. The molecule has 0 aliphatic heterocycles. The lowest BCUT2D eigenvalue weighted by Gasteiger charge is -2.70. The van der Waals surface area contributed by atoms with Crippen molar-refractivity contribution < 1.29 is 53.9 Å². The first-order valence-corrected chi connectivity index (χ1v) is 31.3. The van der Waals surface area contributed by atoms with Crippen LogP contribution in [0.3, 0.4) is 0 Å². The van der Waals surface area contributed by atoms with Crippen LogP contribution in [0.1, 0.15) is 225 Å². The molecule has 456 valence electrons. The van der Waals surface area contributed by atoms with Crippen LogP contribution in [0, 0.1) is 112 Å². The number of aliphatic carboxylic acids is 3. The van der Waals surface area contributed by atoms with Crippen LogP contribution in [0.15, 0.2) is 53.6 Å². The molecule has 8 saturated carbocycles. The Morgan fingerprint density at radius 2 is 0.878 bits per heavy atom. The number of hydrogen-bond donors (Lipinski definition) is 4. The number of benzene rings is 1. The molecular formula is C71H106O11. The highest BCUT2D eigenvalue weighted by Gasteiger charge is 2.73. The molecule has 8 fully saturated rings. The van der Waals surface area contributed by atoms with Crippen LogP contribution >= 0.6 is 0 Å². The fourth-order valence-electron chi connectivity index (χ4n) is 22.5. The Labute approximate surface area is 492 Å². The van der Waals surface area contributed by atoms with E-state index in [0.29, 0.717) is 25.7 Å². The molecule has 0 amide bonds. The van der Waals surface area contributed by atoms with Crippen LogP contribution < -0.4 is 0 Å². The van der Waals surface area contributed by atoms with E-state index in [2.05, 4.69) is 90.0 Å². The van der Waals surface area contributed by atoms with E-state index in [4.69, 9.17) is 9.84 Å². The molecule has 0 aromatic heterocycles. The van der Waals surface area contributed by atoms with Crippen LogP contribution in [-0.4, -0.2) is 63.0 Å². The summed E-state index contributed by atoms with van der Waals surface area (Å²) in [4.78, 5) is 79.2. The lowest BCUT2D eigenvalue weighted by atomic mass is 9.33. The number of aliphatic hydroxyl groups is 1. The van der Waals surface area contributed by atoms with Gasteiger partial charge in [0, 0.05) is 18.9 Å². The molecule has 18 atom stereocenters. The number of fused-ring (bicyclic) bond motifs is 14. The highest BCUT2D eigenvalue weighted by Crippen LogP contribution is 2.78. The number of ketones is 2. The van der Waals surface area contributed by atoms with Crippen LogP contribution in [0.25, 0.3) is 0 Å². The van der Waals surface area contributed by atoms with Gasteiger partial charge in [-0.15, -0.1) is 0 Å². The average molecular weight is 1140 g/mol. The number of aliphatic hydroxyl groups excluding tert-OH is 1. The van der Waals surface area contributed by atoms with Gasteiger partial charge in [0.25, 0.3) is 0 Å². The third kappa shape index (κ3) is 9.05. The Hall–Kier alpha value is -4.12. The molecule has 0 spiro atoms. The van der Waals surface area contributed by atoms with Gasteiger partial charge in [-0.25, -0.2) is 0 Å². The summed E-state index contributed by atoms with van der Waals surface area (Å²) in [6.45, 7) is 31.6. The zero-order valence-corrected chi connectivity index (χ0v) is 52.2. The van der Waals surface area contributed by atoms with Gasteiger partial charge in [0.2, 0.25) is 0 Å². The average Bonchev–Trinajstić information content (AvgIpc) is 0.951. The van der Waals surface area contributed by atoms with Crippen molar-refractivity contribution in [3.05, 3.63) is 59.2 Å². The highest BCUT2D eigenvalue weighted by molar-refractivity contribution is 5.96. The number of carboxylic acid groups (broad SMARTS) is 3. The Morgan fingerprint density at radius 1 is 0.500 bits per heavy atom. The predicted octanol–water partition coefficient (Wildman–Crippen LogP) is 15.4. The number of hydrogen-bond acceptors (Lipinski definition) is 8. The number of ether oxygens (including phenoxy) is 1. The minimum atomic E-state index is -0.743. The fourth-order valence-corrected chi connectivity index (χ4v) is 22.5. The summed E-state index contributed by atoms with van der Waals surface area (Å²) in [7, 11) is 1.00. The summed E-state index contributed by atoms with van der Waals surface area (Å²) < 4.78 is 5.92. The van der Waals surface area contributed by atoms with E-state index in [0.717, 1.165) is 103 Å². The molecule has 10 aliphatic rings. The number of carboxylic acids is 3. The molecule has 0 bridgehead atoms. The second kappa shape index (κ2) is 20.8. The van der Waals surface area contributed by atoms with E-state index in [1.165, 1.54) is 11.1 Å². The Morgan fingerprint density at radius 3 is 1.27 bits per heavy atom. The summed E-state index contributed by atoms with van der Waals surface area (Å²) in [5, 5.41) is 37.1. The van der Waals surface area contributed by atoms with Gasteiger partial charge in [0.05, 0.1) is 22.7 Å². The number of carbonyl (C=O) groups is 6. The lowest BCUT2D eigenvalue weighted by Crippen LogP contribution is -2.66. The maximum Gasteiger partial charge on any atom is 0.312 e. The van der Waals surface area contributed by atoms with E-state index in [-0.39, 0.29) is 133 Å². The van der Waals surface area contributed by atoms with Crippen molar-refractivity contribution >= 4 is 35.4 Å². The highest BCUT2D eigenvalue weighted by atomic mass is 16.5. The van der Waals surface area contributed by atoms with Crippen molar-refractivity contribution in [2.45, 2.75) is 227 Å². The van der Waals surface area contributed by atoms with Crippen molar-refractivity contribution in [1.29, 1.82) is 0 Å². The SMILES string of the molecule is C.CC1(C)[C@@H](C(=O)O)CC[C@]2(C)[C@H]3C(=O)C=C4[C@@H]5C[C@@](C)(C(=O)O)CC[C@]5(C)CC[C@@]4(C)[C@]3(C)CC[C@@H]12.CC1(C)[C@@H](C(=O)O)CC[C@]2(C)[C@H]3C(=O)C=C4[C@@H]5C[C@@](C)(C(=O)OCc6ccccc6)CC[C@]5(C)CC[C@@]4(C)[C@]3(C)CC[C@@H]12.CO. The second-order valence-electron chi connectivity index (χ2n) is 32.4. The lowest BCUT2D eigenvalue weighted by molar-refractivity contribution is -0.199. The smallest absolute Gasteiger partial charge is 0.312 e. The number of allylic oxidation sites excluding steroid dienone is 4. The van der Waals surface area contributed by atoms with E-state index >= 15 is 0 Å². The molecular weight excluding hydrogens is 1030 g/mol. The molecule has 1 aromatic carbocycles. The first-order valence-electron chi connectivity index (χ1n) is 31.3. The minimum absolute atomic E-state index is 0. The van der Waals surface area contributed by atoms with Crippen LogP contribution in [0.5, 0.6) is 0 Å². The minimum Gasteiger partial charge on any atom is -0.481 e. The molecule has 1 aromatic rings. The molecule has 0 saturated heterocycles. The molecule has 11 rings (SSSR count). The summed E-state index contributed by atoms with van der Waals surface area (Å²) in [5.74, 6) is -2.07. The van der Waals surface area contributed by atoms with Gasteiger partial charge in [-0.1, -0.05) is 132 Å². The first kappa shape index (κ1) is 63.9. The van der Waals surface area contributed by atoms with Gasteiger partial charge in [-0.2, -0.15) is 0 Å².